The van der Waals surface area contributed by atoms with Gasteiger partial charge in [0.1, 0.15) is 12.7 Å². The molecule has 0 rings (SSSR count). The smallest absolute Gasteiger partial charge is 0.314 e. The summed E-state index contributed by atoms with van der Waals surface area (Å²) >= 11 is 0. The van der Waals surface area contributed by atoms with Gasteiger partial charge in [0.2, 0.25) is 0 Å². The molecule has 0 spiro atoms. The number of hydrogen-bond donors (Lipinski definition) is 2. The highest BCUT2D eigenvalue weighted by Crippen LogP contribution is 1.99. The Kier molecular flexibility index (Phi) is 8.77. The molecule has 0 bridgehead atoms. The quantitative estimate of drug-likeness (QED) is 0.449. The Balaban J connectivity index is 3.71. The second-order valence-electron chi connectivity index (χ2n) is 3.62. The average Bonchev–Trinajstić information content (AvgIpc) is 2.33. The van der Waals surface area contributed by atoms with Crippen molar-refractivity contribution in [3.8, 4) is 0 Å². The van der Waals surface area contributed by atoms with E-state index in [0.29, 0.717) is 6.42 Å². The van der Waals surface area contributed by atoms with Crippen molar-refractivity contribution in [2.45, 2.75) is 38.7 Å². The van der Waals surface area contributed by atoms with Crippen molar-refractivity contribution in [3.63, 3.8) is 0 Å². The Morgan fingerprint density at radius 1 is 1.06 bits per heavy atom. The lowest BCUT2D eigenvalue weighted by molar-refractivity contribution is -0.161. The van der Waals surface area contributed by atoms with Gasteiger partial charge in [0.25, 0.3) is 0 Å². The van der Waals surface area contributed by atoms with Crippen LogP contribution in [0.15, 0.2) is 0 Å². The van der Waals surface area contributed by atoms with Crippen LogP contribution in [-0.4, -0.2) is 47.4 Å². The molecule has 0 aliphatic carbocycles. The van der Waals surface area contributed by atoms with Crippen molar-refractivity contribution >= 4 is 17.9 Å². The Bertz CT molecular complexity index is 287. The largest absolute Gasteiger partial charge is 0.463 e. The van der Waals surface area contributed by atoms with E-state index in [9.17, 15) is 14.4 Å². The maximum absolute atomic E-state index is 11.1. The molecule has 0 fully saturated rings. The summed E-state index contributed by atoms with van der Waals surface area (Å²) < 4.78 is 8.97. The van der Waals surface area contributed by atoms with Crippen molar-refractivity contribution in [2.75, 3.05) is 13.2 Å². The average molecular weight is 262 g/mol. The van der Waals surface area contributed by atoms with Crippen molar-refractivity contribution in [1.29, 1.82) is 0 Å². The molecule has 2 N–H and O–H groups in total. The summed E-state index contributed by atoms with van der Waals surface area (Å²) in [4.78, 5) is 33.1. The molecule has 0 saturated heterocycles. The van der Waals surface area contributed by atoms with Crippen LogP contribution in [0.4, 0.5) is 0 Å². The Labute approximate surface area is 105 Å². The van der Waals surface area contributed by atoms with E-state index in [0.717, 1.165) is 0 Å². The standard InChI is InChI=1S/C11H18O7/c1-2-3-10(15)18-11(16)5-4-9(14)17-7-8(13)6-12/h8,12-13H,2-7H2,1H3. The molecule has 0 saturated carbocycles. The van der Waals surface area contributed by atoms with Gasteiger partial charge in [0.15, 0.2) is 0 Å². The zero-order valence-corrected chi connectivity index (χ0v) is 10.3. The molecule has 0 amide bonds. The molecule has 0 aliphatic rings. The molecule has 0 aromatic carbocycles. The summed E-state index contributed by atoms with van der Waals surface area (Å²) in [6.07, 6.45) is -0.904. The fraction of sp³-hybridized carbons (Fsp3) is 0.727. The third-order valence-electron chi connectivity index (χ3n) is 1.86. The van der Waals surface area contributed by atoms with Gasteiger partial charge in [-0.05, 0) is 6.42 Å². The molecule has 1 unspecified atom stereocenters. The molecule has 0 aromatic heterocycles. The highest BCUT2D eigenvalue weighted by molar-refractivity contribution is 5.87. The highest BCUT2D eigenvalue weighted by atomic mass is 16.6. The first-order chi connectivity index (χ1) is 8.49. The van der Waals surface area contributed by atoms with Gasteiger partial charge in [0.05, 0.1) is 19.4 Å². The van der Waals surface area contributed by atoms with E-state index in [1.165, 1.54) is 0 Å². The summed E-state index contributed by atoms with van der Waals surface area (Å²) in [7, 11) is 0. The number of aliphatic hydroxyl groups is 2. The van der Waals surface area contributed by atoms with Crippen LogP contribution in [-0.2, 0) is 23.9 Å². The van der Waals surface area contributed by atoms with Crippen molar-refractivity contribution in [3.05, 3.63) is 0 Å². The summed E-state index contributed by atoms with van der Waals surface area (Å²) in [6, 6.07) is 0. The zero-order chi connectivity index (χ0) is 14.0. The molecular weight excluding hydrogens is 244 g/mol. The maximum atomic E-state index is 11.1. The van der Waals surface area contributed by atoms with Gasteiger partial charge in [-0.2, -0.15) is 0 Å². The first-order valence-electron chi connectivity index (χ1n) is 5.67. The lowest BCUT2D eigenvalue weighted by atomic mass is 10.3. The van der Waals surface area contributed by atoms with Crippen molar-refractivity contribution in [1.82, 2.24) is 0 Å². The molecule has 0 aliphatic heterocycles. The minimum Gasteiger partial charge on any atom is -0.463 e. The fourth-order valence-corrected chi connectivity index (χ4v) is 0.951. The maximum Gasteiger partial charge on any atom is 0.314 e. The number of esters is 3. The van der Waals surface area contributed by atoms with Crippen LogP contribution in [0.25, 0.3) is 0 Å². The van der Waals surface area contributed by atoms with Crippen LogP contribution >= 0.6 is 0 Å². The van der Waals surface area contributed by atoms with E-state index >= 15 is 0 Å². The summed E-state index contributed by atoms with van der Waals surface area (Å²) in [5.41, 5.74) is 0. The second-order valence-corrected chi connectivity index (χ2v) is 3.62. The first kappa shape index (κ1) is 16.5. The summed E-state index contributed by atoms with van der Waals surface area (Å²) in [5, 5.41) is 17.4. The molecule has 7 nitrogen and oxygen atoms in total. The number of hydrogen-bond acceptors (Lipinski definition) is 7. The van der Waals surface area contributed by atoms with Crippen LogP contribution in [0.5, 0.6) is 0 Å². The van der Waals surface area contributed by atoms with Crippen molar-refractivity contribution in [2.24, 2.45) is 0 Å². The molecule has 0 radical (unpaired) electrons. The van der Waals surface area contributed by atoms with Gasteiger partial charge in [-0.25, -0.2) is 0 Å². The van der Waals surface area contributed by atoms with E-state index in [1.54, 1.807) is 6.92 Å². The molecule has 1 atom stereocenters. The molecule has 0 aromatic rings. The number of aliphatic hydroxyl groups excluding tert-OH is 2. The van der Waals surface area contributed by atoms with E-state index in [4.69, 9.17) is 10.2 Å². The summed E-state index contributed by atoms with van der Waals surface area (Å²) in [6.45, 7) is 0.926. The molecule has 7 heteroatoms. The van der Waals surface area contributed by atoms with Crippen molar-refractivity contribution < 1.29 is 34.1 Å². The third kappa shape index (κ3) is 8.66. The topological polar surface area (TPSA) is 110 Å². The second kappa shape index (κ2) is 9.55. The number of ether oxygens (including phenoxy) is 2. The first-order valence-corrected chi connectivity index (χ1v) is 5.67. The van der Waals surface area contributed by atoms with Gasteiger partial charge in [0, 0.05) is 6.42 Å². The Morgan fingerprint density at radius 3 is 2.17 bits per heavy atom. The number of carbonyl (C=O) groups excluding carboxylic acids is 3. The number of rotatable bonds is 8. The number of carbonyl (C=O) groups is 3. The predicted octanol–water partition coefficient (Wildman–Crippen LogP) is -0.467. The monoisotopic (exact) mass is 262 g/mol. The molecule has 104 valence electrons. The fourth-order valence-electron chi connectivity index (χ4n) is 0.951. The molecular formula is C11H18O7. The predicted molar refractivity (Wildman–Crippen MR) is 59.3 cm³/mol. The van der Waals surface area contributed by atoms with Gasteiger partial charge >= 0.3 is 17.9 Å². The lowest BCUT2D eigenvalue weighted by Gasteiger charge is -2.08. The van der Waals surface area contributed by atoms with Gasteiger partial charge in [-0.15, -0.1) is 0 Å². The van der Waals surface area contributed by atoms with E-state index in [1.807, 2.05) is 0 Å². The van der Waals surface area contributed by atoms with Gasteiger partial charge in [-0.3, -0.25) is 14.4 Å². The lowest BCUT2D eigenvalue weighted by Crippen LogP contribution is -2.22. The minimum absolute atomic E-state index is 0.152. The van der Waals surface area contributed by atoms with E-state index in [-0.39, 0.29) is 25.9 Å². The Hall–Kier alpha value is -1.47. The molecule has 18 heavy (non-hydrogen) atoms. The van der Waals surface area contributed by atoms with Gasteiger partial charge in [-0.1, -0.05) is 6.92 Å². The zero-order valence-electron chi connectivity index (χ0n) is 10.3. The van der Waals surface area contributed by atoms with E-state index < -0.39 is 30.6 Å². The third-order valence-corrected chi connectivity index (χ3v) is 1.86. The van der Waals surface area contributed by atoms with Gasteiger partial charge < -0.3 is 19.7 Å². The Morgan fingerprint density at radius 2 is 1.61 bits per heavy atom. The summed E-state index contributed by atoms with van der Waals surface area (Å²) in [5.74, 6) is -2.11. The van der Waals surface area contributed by atoms with Crippen LogP contribution in [0.3, 0.4) is 0 Å². The van der Waals surface area contributed by atoms with Crippen LogP contribution in [0.1, 0.15) is 32.6 Å². The highest BCUT2D eigenvalue weighted by Gasteiger charge is 2.13. The van der Waals surface area contributed by atoms with Crippen LogP contribution in [0, 0.1) is 0 Å². The van der Waals surface area contributed by atoms with Crippen LogP contribution in [0.2, 0.25) is 0 Å². The van der Waals surface area contributed by atoms with E-state index in [2.05, 4.69) is 9.47 Å². The minimum atomic E-state index is -1.13. The molecule has 0 heterocycles. The SMILES string of the molecule is CCCC(=O)OC(=O)CCC(=O)OCC(O)CO. The van der Waals surface area contributed by atoms with Crippen LogP contribution < -0.4 is 0 Å². The normalized spacial score (nSPS) is 11.7.